The van der Waals surface area contributed by atoms with Gasteiger partial charge >= 0.3 is 0 Å². The van der Waals surface area contributed by atoms with Crippen LogP contribution < -0.4 is 0 Å². The highest BCUT2D eigenvalue weighted by molar-refractivity contribution is 4.82. The van der Waals surface area contributed by atoms with Gasteiger partial charge in [-0.1, -0.05) is 78.1 Å². The van der Waals surface area contributed by atoms with Gasteiger partial charge in [0.2, 0.25) is 0 Å². The van der Waals surface area contributed by atoms with Gasteiger partial charge in [0.15, 0.2) is 0 Å². The summed E-state index contributed by atoms with van der Waals surface area (Å²) in [6, 6.07) is 0. The first-order valence-electron chi connectivity index (χ1n) is 9.33. The van der Waals surface area contributed by atoms with Gasteiger partial charge < -0.3 is 0 Å². The van der Waals surface area contributed by atoms with E-state index in [2.05, 4.69) is 13.8 Å². The first kappa shape index (κ1) is 15.4. The smallest absolute Gasteiger partial charge is 0.0383 e. The van der Waals surface area contributed by atoms with Crippen LogP contribution in [-0.2, 0) is 0 Å². The van der Waals surface area contributed by atoms with E-state index in [0.717, 1.165) is 23.7 Å². The summed E-state index contributed by atoms with van der Waals surface area (Å²) in [6.45, 7) is 4.72. The van der Waals surface area contributed by atoms with E-state index in [0.29, 0.717) is 0 Å². The monoisotopic (exact) mass is 264 g/mol. The van der Waals surface area contributed by atoms with Crippen molar-refractivity contribution in [3.05, 3.63) is 0 Å². The third-order valence-corrected chi connectivity index (χ3v) is 6.17. The molecule has 2 fully saturated rings. The molecule has 2 aliphatic carbocycles. The SMILES string of the molecule is CCCCC[C@H]1CC[C@@H]([C@@H]2CCC[C@@H](CC)C2)CC1. The molecular weight excluding hydrogens is 228 g/mol. The van der Waals surface area contributed by atoms with E-state index < -0.39 is 0 Å². The lowest BCUT2D eigenvalue weighted by Gasteiger charge is -2.38. The Hall–Kier alpha value is 0. The highest BCUT2D eigenvalue weighted by Gasteiger charge is 2.30. The van der Waals surface area contributed by atoms with Gasteiger partial charge in [0.05, 0.1) is 0 Å². The van der Waals surface area contributed by atoms with Gasteiger partial charge in [-0.3, -0.25) is 0 Å². The van der Waals surface area contributed by atoms with Crippen molar-refractivity contribution in [2.24, 2.45) is 23.7 Å². The highest BCUT2D eigenvalue weighted by atomic mass is 14.4. The topological polar surface area (TPSA) is 0 Å². The average Bonchev–Trinajstić information content (AvgIpc) is 2.48. The van der Waals surface area contributed by atoms with Crippen LogP contribution in [0, 0.1) is 23.7 Å². The standard InChI is InChI=1S/C19H36/c1-3-5-6-8-17-11-13-18(14-12-17)19-10-7-9-16(4-2)15-19/h16-19H,3-15H2,1-2H3/t16-,17-,18+,19-/m1/s1. The molecule has 112 valence electrons. The van der Waals surface area contributed by atoms with E-state index in [1.54, 1.807) is 38.5 Å². The first-order valence-corrected chi connectivity index (χ1v) is 9.33. The molecule has 2 aliphatic rings. The summed E-state index contributed by atoms with van der Waals surface area (Å²) in [6.07, 6.45) is 19.7. The van der Waals surface area contributed by atoms with Crippen LogP contribution in [0.2, 0.25) is 0 Å². The summed E-state index contributed by atoms with van der Waals surface area (Å²) < 4.78 is 0. The fraction of sp³-hybridized carbons (Fsp3) is 1.00. The summed E-state index contributed by atoms with van der Waals surface area (Å²) in [5, 5.41) is 0. The lowest BCUT2D eigenvalue weighted by molar-refractivity contribution is 0.135. The maximum absolute atomic E-state index is 2.40. The molecule has 0 aliphatic heterocycles. The fourth-order valence-electron chi connectivity index (χ4n) is 4.76. The molecule has 0 nitrogen and oxygen atoms in total. The third-order valence-electron chi connectivity index (χ3n) is 6.17. The van der Waals surface area contributed by atoms with Gasteiger partial charge in [0.25, 0.3) is 0 Å². The molecule has 0 N–H and O–H groups in total. The molecule has 0 saturated heterocycles. The molecule has 0 amide bonds. The predicted octanol–water partition coefficient (Wildman–Crippen LogP) is 6.59. The maximum atomic E-state index is 2.40. The zero-order chi connectivity index (χ0) is 13.5. The van der Waals surface area contributed by atoms with Crippen molar-refractivity contribution in [2.45, 2.75) is 97.3 Å². The van der Waals surface area contributed by atoms with Crippen LogP contribution in [0.25, 0.3) is 0 Å². The van der Waals surface area contributed by atoms with Gasteiger partial charge in [-0.15, -0.1) is 0 Å². The van der Waals surface area contributed by atoms with Gasteiger partial charge in [-0.2, -0.15) is 0 Å². The van der Waals surface area contributed by atoms with E-state index in [1.165, 1.54) is 44.9 Å². The highest BCUT2D eigenvalue weighted by Crippen LogP contribution is 2.43. The lowest BCUT2D eigenvalue weighted by Crippen LogP contribution is -2.26. The van der Waals surface area contributed by atoms with Crippen molar-refractivity contribution >= 4 is 0 Å². The molecule has 2 saturated carbocycles. The number of unbranched alkanes of at least 4 members (excludes halogenated alkanes) is 2. The van der Waals surface area contributed by atoms with Crippen molar-refractivity contribution in [1.29, 1.82) is 0 Å². The molecule has 0 bridgehead atoms. The van der Waals surface area contributed by atoms with Crippen LogP contribution in [0.5, 0.6) is 0 Å². The molecule has 0 unspecified atom stereocenters. The lowest BCUT2D eigenvalue weighted by atomic mass is 9.68. The average molecular weight is 264 g/mol. The second kappa shape index (κ2) is 8.32. The molecule has 0 radical (unpaired) electrons. The van der Waals surface area contributed by atoms with Gasteiger partial charge in [0.1, 0.15) is 0 Å². The zero-order valence-corrected chi connectivity index (χ0v) is 13.5. The van der Waals surface area contributed by atoms with Crippen molar-refractivity contribution < 1.29 is 0 Å². The van der Waals surface area contributed by atoms with Gasteiger partial charge in [-0.25, -0.2) is 0 Å². The van der Waals surface area contributed by atoms with Crippen molar-refractivity contribution in [2.75, 3.05) is 0 Å². The molecule has 0 aromatic carbocycles. The van der Waals surface area contributed by atoms with Crippen molar-refractivity contribution in [3.8, 4) is 0 Å². The summed E-state index contributed by atoms with van der Waals surface area (Å²) in [5.74, 6) is 4.38. The van der Waals surface area contributed by atoms with E-state index in [1.807, 2.05) is 0 Å². The minimum absolute atomic E-state index is 1.07. The Labute approximate surface area is 121 Å². The quantitative estimate of drug-likeness (QED) is 0.475. The maximum Gasteiger partial charge on any atom is -0.0383 e. The Bertz CT molecular complexity index is 224. The molecule has 0 heterocycles. The van der Waals surface area contributed by atoms with E-state index >= 15 is 0 Å². The number of hydrogen-bond acceptors (Lipinski definition) is 0. The van der Waals surface area contributed by atoms with Crippen LogP contribution in [0.4, 0.5) is 0 Å². The molecule has 19 heavy (non-hydrogen) atoms. The summed E-state index contributed by atoms with van der Waals surface area (Å²) >= 11 is 0. The minimum Gasteiger partial charge on any atom is -0.0654 e. The fourth-order valence-corrected chi connectivity index (χ4v) is 4.76. The Morgan fingerprint density at radius 3 is 2.21 bits per heavy atom. The minimum atomic E-state index is 1.07. The summed E-state index contributed by atoms with van der Waals surface area (Å²) in [7, 11) is 0. The molecule has 0 heteroatoms. The largest absolute Gasteiger partial charge is 0.0654 e. The van der Waals surface area contributed by atoms with Gasteiger partial charge in [0, 0.05) is 0 Å². The van der Waals surface area contributed by atoms with E-state index in [4.69, 9.17) is 0 Å². The van der Waals surface area contributed by atoms with E-state index in [-0.39, 0.29) is 0 Å². The van der Waals surface area contributed by atoms with Crippen LogP contribution in [-0.4, -0.2) is 0 Å². The van der Waals surface area contributed by atoms with Crippen LogP contribution in [0.3, 0.4) is 0 Å². The second-order valence-electron chi connectivity index (χ2n) is 7.48. The van der Waals surface area contributed by atoms with Crippen molar-refractivity contribution in [3.63, 3.8) is 0 Å². The summed E-state index contributed by atoms with van der Waals surface area (Å²) in [5.41, 5.74) is 0. The molecule has 0 aromatic heterocycles. The molecule has 0 spiro atoms. The Balaban J connectivity index is 1.67. The van der Waals surface area contributed by atoms with E-state index in [9.17, 15) is 0 Å². The van der Waals surface area contributed by atoms with Gasteiger partial charge in [-0.05, 0) is 42.9 Å². The number of rotatable bonds is 6. The molecule has 0 aromatic rings. The predicted molar refractivity (Wildman–Crippen MR) is 85.3 cm³/mol. The Morgan fingerprint density at radius 2 is 1.53 bits per heavy atom. The second-order valence-corrected chi connectivity index (χ2v) is 7.48. The normalized spacial score (nSPS) is 36.3. The Kier molecular flexibility index (Phi) is 6.74. The first-order chi connectivity index (χ1) is 9.33. The molecule has 2 atom stereocenters. The zero-order valence-electron chi connectivity index (χ0n) is 13.5. The van der Waals surface area contributed by atoms with Crippen LogP contribution >= 0.6 is 0 Å². The van der Waals surface area contributed by atoms with Crippen LogP contribution in [0.1, 0.15) is 97.3 Å². The summed E-state index contributed by atoms with van der Waals surface area (Å²) in [4.78, 5) is 0. The third kappa shape index (κ3) is 4.80. The molecular formula is C19H36. The van der Waals surface area contributed by atoms with Crippen molar-refractivity contribution in [1.82, 2.24) is 0 Å². The van der Waals surface area contributed by atoms with Crippen LogP contribution in [0.15, 0.2) is 0 Å². The molecule has 2 rings (SSSR count). The Morgan fingerprint density at radius 1 is 0.737 bits per heavy atom. The number of hydrogen-bond donors (Lipinski definition) is 0.